The van der Waals surface area contributed by atoms with E-state index in [-0.39, 0.29) is 17.9 Å². The number of rotatable bonds is 3. The van der Waals surface area contributed by atoms with Crippen molar-refractivity contribution in [1.82, 2.24) is 4.90 Å². The summed E-state index contributed by atoms with van der Waals surface area (Å²) in [5, 5.41) is 0. The largest absolute Gasteiger partial charge is 0.330 e. The summed E-state index contributed by atoms with van der Waals surface area (Å²) < 4.78 is 0. The van der Waals surface area contributed by atoms with Crippen molar-refractivity contribution in [3.8, 4) is 0 Å². The van der Waals surface area contributed by atoms with E-state index in [0.29, 0.717) is 6.54 Å². The van der Waals surface area contributed by atoms with Crippen LogP contribution in [0.4, 0.5) is 0 Å². The van der Waals surface area contributed by atoms with Gasteiger partial charge < -0.3 is 4.90 Å². The molecule has 1 fully saturated rings. The predicted octanol–water partition coefficient (Wildman–Crippen LogP) is 3.41. The van der Waals surface area contributed by atoms with E-state index in [1.165, 1.54) is 11.1 Å². The fraction of sp³-hybridized carbons (Fsp3) is 0.235. The Labute approximate surface area is 113 Å². The van der Waals surface area contributed by atoms with Crippen molar-refractivity contribution >= 4 is 5.91 Å². The highest BCUT2D eigenvalue weighted by Gasteiger charge is 2.44. The zero-order valence-corrected chi connectivity index (χ0v) is 11.0. The number of β-lactam (4-membered cyclic amide) rings is 1. The molecule has 2 heteroatoms. The van der Waals surface area contributed by atoms with E-state index in [4.69, 9.17) is 0 Å². The lowest BCUT2D eigenvalue weighted by atomic mass is 9.83. The van der Waals surface area contributed by atoms with E-state index in [9.17, 15) is 4.79 Å². The van der Waals surface area contributed by atoms with Crippen molar-refractivity contribution in [2.45, 2.75) is 19.5 Å². The average Bonchev–Trinajstić information content (AvgIpc) is 2.48. The summed E-state index contributed by atoms with van der Waals surface area (Å²) in [7, 11) is 0. The summed E-state index contributed by atoms with van der Waals surface area (Å²) in [6.07, 6.45) is 0. The van der Waals surface area contributed by atoms with E-state index in [1.54, 1.807) is 0 Å². The van der Waals surface area contributed by atoms with Crippen LogP contribution < -0.4 is 0 Å². The van der Waals surface area contributed by atoms with Crippen molar-refractivity contribution in [3.63, 3.8) is 0 Å². The van der Waals surface area contributed by atoms with E-state index < -0.39 is 0 Å². The van der Waals surface area contributed by atoms with Gasteiger partial charge in [0.15, 0.2) is 0 Å². The van der Waals surface area contributed by atoms with Crippen LogP contribution >= 0.6 is 0 Å². The molecule has 0 spiro atoms. The molecular formula is C17H17NO. The third-order valence-electron chi connectivity index (χ3n) is 3.82. The number of carbonyl (C=O) groups excluding carboxylic acids is 1. The van der Waals surface area contributed by atoms with Gasteiger partial charge in [0.2, 0.25) is 5.91 Å². The number of carbonyl (C=O) groups is 1. The quantitative estimate of drug-likeness (QED) is 0.766. The van der Waals surface area contributed by atoms with Crippen molar-refractivity contribution in [2.24, 2.45) is 5.92 Å². The van der Waals surface area contributed by atoms with Crippen LogP contribution in [0, 0.1) is 5.92 Å². The molecule has 0 saturated carbocycles. The molecule has 2 atom stereocenters. The summed E-state index contributed by atoms with van der Waals surface area (Å²) in [5.41, 5.74) is 2.41. The van der Waals surface area contributed by atoms with E-state index >= 15 is 0 Å². The van der Waals surface area contributed by atoms with Crippen molar-refractivity contribution < 1.29 is 4.79 Å². The zero-order valence-electron chi connectivity index (χ0n) is 11.0. The number of hydrogen-bond donors (Lipinski definition) is 0. The van der Waals surface area contributed by atoms with Gasteiger partial charge in [0.25, 0.3) is 0 Å². The van der Waals surface area contributed by atoms with Gasteiger partial charge in [0.05, 0.1) is 12.0 Å². The molecule has 1 saturated heterocycles. The molecule has 0 radical (unpaired) electrons. The molecule has 0 aliphatic carbocycles. The second-order valence-electron chi connectivity index (χ2n) is 5.10. The number of benzene rings is 2. The minimum Gasteiger partial charge on any atom is -0.330 e. The molecule has 0 aromatic heterocycles. The molecule has 2 aromatic carbocycles. The Hall–Kier alpha value is -2.09. The van der Waals surface area contributed by atoms with Crippen LogP contribution in [0.25, 0.3) is 0 Å². The van der Waals surface area contributed by atoms with Gasteiger partial charge in [0.1, 0.15) is 0 Å². The van der Waals surface area contributed by atoms with E-state index in [1.807, 2.05) is 48.2 Å². The lowest BCUT2D eigenvalue weighted by Gasteiger charge is -2.46. The first kappa shape index (κ1) is 12.0. The molecule has 0 N–H and O–H groups in total. The highest BCUT2D eigenvalue weighted by atomic mass is 16.2. The van der Waals surface area contributed by atoms with Gasteiger partial charge in [-0.1, -0.05) is 67.6 Å². The van der Waals surface area contributed by atoms with Crippen LogP contribution in [0.15, 0.2) is 60.7 Å². The van der Waals surface area contributed by atoms with Crippen LogP contribution in [0.3, 0.4) is 0 Å². The van der Waals surface area contributed by atoms with Crippen molar-refractivity contribution in [1.29, 1.82) is 0 Å². The summed E-state index contributed by atoms with van der Waals surface area (Å²) in [5.74, 6) is 0.337. The molecule has 3 rings (SSSR count). The van der Waals surface area contributed by atoms with Gasteiger partial charge in [-0.25, -0.2) is 0 Å². The minimum absolute atomic E-state index is 0.0890. The lowest BCUT2D eigenvalue weighted by Crippen LogP contribution is -2.52. The van der Waals surface area contributed by atoms with E-state index in [0.717, 1.165) is 0 Å². The van der Waals surface area contributed by atoms with Crippen LogP contribution in [0.1, 0.15) is 24.1 Å². The molecule has 1 amide bonds. The molecule has 19 heavy (non-hydrogen) atoms. The monoisotopic (exact) mass is 251 g/mol. The van der Waals surface area contributed by atoms with Crippen LogP contribution in [-0.4, -0.2) is 10.8 Å². The van der Waals surface area contributed by atoms with E-state index in [2.05, 4.69) is 24.3 Å². The maximum Gasteiger partial charge on any atom is 0.228 e. The Kier molecular flexibility index (Phi) is 3.08. The van der Waals surface area contributed by atoms with Gasteiger partial charge in [-0.15, -0.1) is 0 Å². The fourth-order valence-corrected chi connectivity index (χ4v) is 2.80. The Morgan fingerprint density at radius 2 is 1.53 bits per heavy atom. The third kappa shape index (κ3) is 2.14. The summed E-state index contributed by atoms with van der Waals surface area (Å²) in [4.78, 5) is 14.0. The zero-order chi connectivity index (χ0) is 13.2. The average molecular weight is 251 g/mol. The van der Waals surface area contributed by atoms with Crippen LogP contribution in [0.2, 0.25) is 0 Å². The van der Waals surface area contributed by atoms with Gasteiger partial charge >= 0.3 is 0 Å². The van der Waals surface area contributed by atoms with Gasteiger partial charge in [-0.3, -0.25) is 4.79 Å². The molecule has 2 unspecified atom stereocenters. The first-order chi connectivity index (χ1) is 9.27. The SMILES string of the molecule is CC1C(=O)N(Cc2ccccc2)C1c1ccccc1. The number of likely N-dealkylation sites (tertiary alicyclic amines) is 1. The second kappa shape index (κ2) is 4.88. The second-order valence-corrected chi connectivity index (χ2v) is 5.10. The number of nitrogens with zero attached hydrogens (tertiary/aromatic N) is 1. The summed E-state index contributed by atoms with van der Waals surface area (Å²) >= 11 is 0. The molecule has 2 nitrogen and oxygen atoms in total. The Bertz CT molecular complexity index is 564. The summed E-state index contributed by atoms with van der Waals surface area (Å²) in [6.45, 7) is 2.71. The van der Waals surface area contributed by atoms with Crippen molar-refractivity contribution in [3.05, 3.63) is 71.8 Å². The molecule has 0 bridgehead atoms. The Balaban J connectivity index is 1.82. The van der Waals surface area contributed by atoms with Crippen LogP contribution in [-0.2, 0) is 11.3 Å². The topological polar surface area (TPSA) is 20.3 Å². The molecule has 2 aromatic rings. The maximum absolute atomic E-state index is 12.1. The van der Waals surface area contributed by atoms with Gasteiger partial charge in [-0.05, 0) is 11.1 Å². The minimum atomic E-state index is 0.0890. The number of hydrogen-bond acceptors (Lipinski definition) is 1. The molecule has 1 heterocycles. The smallest absolute Gasteiger partial charge is 0.228 e. The summed E-state index contributed by atoms with van der Waals surface area (Å²) in [6, 6.07) is 20.7. The molecule has 96 valence electrons. The fourth-order valence-electron chi connectivity index (χ4n) is 2.80. The molecular weight excluding hydrogens is 234 g/mol. The maximum atomic E-state index is 12.1. The number of amides is 1. The molecule has 1 aliphatic heterocycles. The predicted molar refractivity (Wildman–Crippen MR) is 75.3 cm³/mol. The first-order valence-electron chi connectivity index (χ1n) is 6.67. The third-order valence-corrected chi connectivity index (χ3v) is 3.82. The van der Waals surface area contributed by atoms with Crippen LogP contribution in [0.5, 0.6) is 0 Å². The Morgan fingerprint density at radius 3 is 2.16 bits per heavy atom. The highest BCUT2D eigenvalue weighted by Crippen LogP contribution is 2.40. The first-order valence-corrected chi connectivity index (χ1v) is 6.67. The standard InChI is InChI=1S/C17H17NO/c1-13-16(15-10-6-3-7-11-15)18(17(13)19)12-14-8-4-2-5-9-14/h2-11,13,16H,12H2,1H3. The molecule has 1 aliphatic rings. The lowest BCUT2D eigenvalue weighted by molar-refractivity contribution is -0.156. The van der Waals surface area contributed by atoms with Gasteiger partial charge in [-0.2, -0.15) is 0 Å². The van der Waals surface area contributed by atoms with Crippen molar-refractivity contribution in [2.75, 3.05) is 0 Å². The highest BCUT2D eigenvalue weighted by molar-refractivity contribution is 5.86. The normalized spacial score (nSPS) is 22.2. The Morgan fingerprint density at radius 1 is 0.947 bits per heavy atom. The van der Waals surface area contributed by atoms with Gasteiger partial charge in [0, 0.05) is 6.54 Å².